The van der Waals surface area contributed by atoms with Gasteiger partial charge in [0.2, 0.25) is 0 Å². The third kappa shape index (κ3) is 4.05. The number of aryl methyl sites for hydroxylation is 1. The van der Waals surface area contributed by atoms with Crippen LogP contribution in [0.3, 0.4) is 0 Å². The van der Waals surface area contributed by atoms with Gasteiger partial charge in [-0.05, 0) is 48.4 Å². The second-order valence-electron chi connectivity index (χ2n) is 7.71. The second kappa shape index (κ2) is 9.16. The van der Waals surface area contributed by atoms with Crippen molar-refractivity contribution in [1.29, 1.82) is 0 Å². The topological polar surface area (TPSA) is 89.0 Å². The number of aliphatic hydroxyl groups is 1. The second-order valence-corrected chi connectivity index (χ2v) is 7.71. The molecule has 1 aliphatic heterocycles. The molecular weight excluding hydrogens is 420 g/mol. The lowest BCUT2D eigenvalue weighted by Gasteiger charge is -2.26. The molecule has 0 bridgehead atoms. The van der Waals surface area contributed by atoms with Crippen LogP contribution in [0.1, 0.15) is 28.3 Å². The summed E-state index contributed by atoms with van der Waals surface area (Å²) in [4.78, 5) is 32.0. The zero-order valence-electron chi connectivity index (χ0n) is 18.6. The van der Waals surface area contributed by atoms with Crippen molar-refractivity contribution in [2.75, 3.05) is 14.2 Å². The number of rotatable bonds is 6. The molecule has 1 aromatic heterocycles. The number of carbonyl (C=O) groups excluding carboxylic acids is 2. The number of amides is 1. The summed E-state index contributed by atoms with van der Waals surface area (Å²) in [5.74, 6) is -0.432. The van der Waals surface area contributed by atoms with Crippen molar-refractivity contribution >= 4 is 17.4 Å². The molecular formula is C26H24N2O5. The number of ketones is 1. The minimum atomic E-state index is -0.801. The molecule has 2 heterocycles. The van der Waals surface area contributed by atoms with Gasteiger partial charge in [-0.1, -0.05) is 24.3 Å². The molecule has 1 fully saturated rings. The van der Waals surface area contributed by atoms with Crippen molar-refractivity contribution in [1.82, 2.24) is 9.88 Å². The summed E-state index contributed by atoms with van der Waals surface area (Å²) >= 11 is 0. The Morgan fingerprint density at radius 1 is 1.06 bits per heavy atom. The van der Waals surface area contributed by atoms with Gasteiger partial charge in [0.1, 0.15) is 17.3 Å². The van der Waals surface area contributed by atoms with Crippen molar-refractivity contribution in [2.45, 2.75) is 19.5 Å². The third-order valence-corrected chi connectivity index (χ3v) is 5.76. The van der Waals surface area contributed by atoms with Gasteiger partial charge < -0.3 is 19.5 Å². The summed E-state index contributed by atoms with van der Waals surface area (Å²) in [6, 6.07) is 15.2. The van der Waals surface area contributed by atoms with Crippen molar-refractivity contribution in [3.05, 3.63) is 94.8 Å². The van der Waals surface area contributed by atoms with Gasteiger partial charge in [-0.3, -0.25) is 14.6 Å². The fraction of sp³-hybridized carbons (Fsp3) is 0.192. The number of methoxy groups -OCH3 is 2. The molecule has 1 aliphatic rings. The van der Waals surface area contributed by atoms with Crippen LogP contribution < -0.4 is 9.47 Å². The Bertz CT molecular complexity index is 1240. The summed E-state index contributed by atoms with van der Waals surface area (Å²) in [6.07, 6.45) is 3.21. The largest absolute Gasteiger partial charge is 0.507 e. The van der Waals surface area contributed by atoms with Crippen LogP contribution in [0.15, 0.2) is 72.6 Å². The number of pyridine rings is 1. The van der Waals surface area contributed by atoms with E-state index in [-0.39, 0.29) is 17.9 Å². The lowest BCUT2D eigenvalue weighted by atomic mass is 9.94. The number of likely N-dealkylation sites (tertiary alicyclic amines) is 1. The van der Waals surface area contributed by atoms with E-state index in [1.165, 1.54) is 4.90 Å². The normalized spacial score (nSPS) is 17.3. The summed E-state index contributed by atoms with van der Waals surface area (Å²) in [6.45, 7) is 1.94. The van der Waals surface area contributed by atoms with E-state index in [0.717, 1.165) is 5.56 Å². The van der Waals surface area contributed by atoms with Crippen LogP contribution in [0.4, 0.5) is 0 Å². The molecule has 3 aromatic rings. The van der Waals surface area contributed by atoms with Crippen molar-refractivity contribution in [3.8, 4) is 11.5 Å². The summed E-state index contributed by atoms with van der Waals surface area (Å²) in [5.41, 5.74) is 2.57. The predicted molar refractivity (Wildman–Crippen MR) is 123 cm³/mol. The van der Waals surface area contributed by atoms with Gasteiger partial charge in [0.25, 0.3) is 11.7 Å². The monoisotopic (exact) mass is 444 g/mol. The van der Waals surface area contributed by atoms with Crippen LogP contribution in [0.5, 0.6) is 11.5 Å². The van der Waals surface area contributed by atoms with E-state index in [9.17, 15) is 14.7 Å². The van der Waals surface area contributed by atoms with E-state index < -0.39 is 17.7 Å². The number of aromatic nitrogens is 1. The van der Waals surface area contributed by atoms with Gasteiger partial charge in [0.05, 0.1) is 32.4 Å². The lowest BCUT2D eigenvalue weighted by Crippen LogP contribution is -2.29. The number of ether oxygens (including phenoxy) is 2. The third-order valence-electron chi connectivity index (χ3n) is 5.76. The number of benzene rings is 2. The van der Waals surface area contributed by atoms with Gasteiger partial charge in [-0.15, -0.1) is 0 Å². The van der Waals surface area contributed by atoms with Crippen LogP contribution in [0.2, 0.25) is 0 Å². The number of hydrogen-bond acceptors (Lipinski definition) is 6. The Balaban J connectivity index is 1.87. The average molecular weight is 444 g/mol. The molecule has 33 heavy (non-hydrogen) atoms. The molecule has 0 radical (unpaired) electrons. The smallest absolute Gasteiger partial charge is 0.295 e. The van der Waals surface area contributed by atoms with E-state index in [1.807, 2.05) is 25.1 Å². The van der Waals surface area contributed by atoms with Crippen LogP contribution in [0, 0.1) is 6.92 Å². The van der Waals surface area contributed by atoms with Crippen molar-refractivity contribution < 1.29 is 24.2 Å². The standard InChI is InChI=1S/C26H24N2O5/c1-16-13-19(32-2)10-11-20(16)24(29)22-23(17-8-6-12-27-14-17)28(26(31)25(22)30)15-18-7-4-5-9-21(18)33-3/h4-14,23,29H,15H2,1-3H3/b24-22-. The van der Waals surface area contributed by atoms with Gasteiger partial charge in [0, 0.05) is 23.5 Å². The first-order chi connectivity index (χ1) is 16.0. The highest BCUT2D eigenvalue weighted by Crippen LogP contribution is 2.41. The molecule has 0 saturated carbocycles. The molecule has 1 saturated heterocycles. The van der Waals surface area contributed by atoms with Crippen LogP contribution in [0.25, 0.3) is 5.76 Å². The fourth-order valence-corrected chi connectivity index (χ4v) is 4.12. The number of carbonyl (C=O) groups is 2. The molecule has 7 nitrogen and oxygen atoms in total. The van der Waals surface area contributed by atoms with Gasteiger partial charge in [0.15, 0.2) is 0 Å². The average Bonchev–Trinajstić information content (AvgIpc) is 3.09. The maximum Gasteiger partial charge on any atom is 0.295 e. The lowest BCUT2D eigenvalue weighted by molar-refractivity contribution is -0.140. The molecule has 168 valence electrons. The minimum Gasteiger partial charge on any atom is -0.507 e. The number of aliphatic hydroxyl groups excluding tert-OH is 1. The first-order valence-corrected chi connectivity index (χ1v) is 10.4. The Morgan fingerprint density at radius 3 is 2.52 bits per heavy atom. The fourth-order valence-electron chi connectivity index (χ4n) is 4.12. The predicted octanol–water partition coefficient (Wildman–Crippen LogP) is 4.03. The molecule has 7 heteroatoms. The highest BCUT2D eigenvalue weighted by atomic mass is 16.5. The minimum absolute atomic E-state index is 0.0242. The van der Waals surface area contributed by atoms with E-state index in [1.54, 1.807) is 63.0 Å². The molecule has 1 unspecified atom stereocenters. The van der Waals surface area contributed by atoms with Gasteiger partial charge in [-0.25, -0.2) is 0 Å². The van der Waals surface area contributed by atoms with Crippen LogP contribution >= 0.6 is 0 Å². The first kappa shape index (κ1) is 22.1. The zero-order valence-corrected chi connectivity index (χ0v) is 18.6. The van der Waals surface area contributed by atoms with Crippen molar-refractivity contribution in [2.24, 2.45) is 0 Å². The first-order valence-electron chi connectivity index (χ1n) is 10.4. The molecule has 0 spiro atoms. The highest BCUT2D eigenvalue weighted by Gasteiger charge is 2.46. The van der Waals surface area contributed by atoms with Crippen LogP contribution in [-0.4, -0.2) is 40.9 Å². The summed E-state index contributed by atoms with van der Waals surface area (Å²) < 4.78 is 10.7. The molecule has 4 rings (SSSR count). The Hall–Kier alpha value is -4.13. The molecule has 1 N–H and O–H groups in total. The molecule has 1 amide bonds. The van der Waals surface area contributed by atoms with E-state index in [0.29, 0.717) is 28.2 Å². The number of Topliss-reactive ketones (excluding diaryl/α,β-unsaturated/α-hetero) is 1. The van der Waals surface area contributed by atoms with E-state index >= 15 is 0 Å². The molecule has 0 aliphatic carbocycles. The number of nitrogens with zero attached hydrogens (tertiary/aromatic N) is 2. The Labute approximate surface area is 191 Å². The van der Waals surface area contributed by atoms with E-state index in [2.05, 4.69) is 4.98 Å². The zero-order chi connectivity index (χ0) is 23.5. The van der Waals surface area contributed by atoms with Gasteiger partial charge >= 0.3 is 0 Å². The highest BCUT2D eigenvalue weighted by molar-refractivity contribution is 6.46. The quantitative estimate of drug-likeness (QED) is 0.351. The Kier molecular flexibility index (Phi) is 6.13. The number of hydrogen-bond donors (Lipinski definition) is 1. The summed E-state index contributed by atoms with van der Waals surface area (Å²) in [5, 5.41) is 11.3. The number of para-hydroxylation sites is 1. The molecule has 1 atom stereocenters. The summed E-state index contributed by atoms with van der Waals surface area (Å²) in [7, 11) is 3.11. The van der Waals surface area contributed by atoms with Crippen LogP contribution in [-0.2, 0) is 16.1 Å². The Morgan fingerprint density at radius 2 is 1.85 bits per heavy atom. The SMILES string of the molecule is COc1ccc(/C(O)=C2/C(=O)C(=O)N(Cc3ccccc3OC)C2c2cccnc2)c(C)c1. The van der Waals surface area contributed by atoms with Gasteiger partial charge in [-0.2, -0.15) is 0 Å². The molecule has 2 aromatic carbocycles. The maximum atomic E-state index is 13.2. The maximum absolute atomic E-state index is 13.2. The van der Waals surface area contributed by atoms with Crippen molar-refractivity contribution in [3.63, 3.8) is 0 Å². The van der Waals surface area contributed by atoms with E-state index in [4.69, 9.17) is 9.47 Å².